The second-order valence-electron chi connectivity index (χ2n) is 23.4. The minimum atomic E-state index is -0.545. The lowest BCUT2D eigenvalue weighted by molar-refractivity contribution is 0.0265. The minimum Gasteiger partial charge on any atom is -0.458 e. The molecule has 0 unspecified atom stereocenters. The van der Waals surface area contributed by atoms with Gasteiger partial charge >= 0.3 is 11.9 Å². The van der Waals surface area contributed by atoms with E-state index in [2.05, 4.69) is 154 Å². The largest absolute Gasteiger partial charge is 0.458 e. The average molecular weight is 1010 g/mol. The summed E-state index contributed by atoms with van der Waals surface area (Å²) in [6, 6.07) is 31.8. The lowest BCUT2D eigenvalue weighted by Gasteiger charge is -2.33. The van der Waals surface area contributed by atoms with E-state index in [1.165, 1.54) is 0 Å². The highest BCUT2D eigenvalue weighted by atomic mass is 16.6. The fourth-order valence-corrected chi connectivity index (χ4v) is 12.3. The van der Waals surface area contributed by atoms with Crippen LogP contribution in [0.1, 0.15) is 148 Å². The van der Waals surface area contributed by atoms with Crippen LogP contribution in [0.4, 0.5) is 11.4 Å². The molecular formula is C66H62N4O6. The molecule has 10 heteroatoms. The number of carbonyl (C=O) groups is 2. The molecule has 6 heterocycles. The molecule has 0 aromatic heterocycles. The number of allylic oxidation sites excluding steroid dienone is 4. The molecule has 0 saturated carbocycles. The molecule has 0 atom stereocenters. The van der Waals surface area contributed by atoms with Crippen molar-refractivity contribution in [2.45, 2.75) is 105 Å². The Bertz CT molecular complexity index is 3770. The molecule has 12 rings (SSSR count). The zero-order valence-electron chi connectivity index (χ0n) is 45.3. The molecule has 6 aliphatic rings. The molecule has 6 aromatic carbocycles. The number of benzene rings is 6. The summed E-state index contributed by atoms with van der Waals surface area (Å²) in [5.41, 5.74) is 14.8. The Labute approximate surface area is 443 Å². The fraction of sp³-hybridized carbons (Fsp3) is 0.273. The third kappa shape index (κ3) is 8.44. The number of nitrogens with one attached hydrogen (secondary N) is 2. The number of esters is 2. The van der Waals surface area contributed by atoms with E-state index in [1.54, 1.807) is 12.1 Å². The number of hydrogen-bond acceptors (Lipinski definition) is 10. The highest BCUT2D eigenvalue weighted by Gasteiger charge is 2.33. The second kappa shape index (κ2) is 17.1. The van der Waals surface area contributed by atoms with E-state index in [0.717, 1.165) is 99.3 Å². The molecule has 0 bridgehead atoms. The number of ether oxygens (including phenoxy) is 4. The number of carbonyl (C=O) groups excluding carboxylic acids is 2. The SMILES string of the molecule is CC1=CC(C)(C)Nc2cc3c(cc21)C(c1ccccc1C(=O)OCCOC(=O)c1ccccc1C1=c2cc4c(cc2Oc2cc5c(cc21)C(C)=CC(C)(C)N5)=NC(C)(C)C=C4C)=c1cc2c(cc1O3)=NC(C)(C)C=C2C. The lowest BCUT2D eigenvalue weighted by atomic mass is 9.84. The quantitative estimate of drug-likeness (QED) is 0.120. The molecule has 6 aliphatic heterocycles. The normalized spacial score (nSPS) is 17.9. The highest BCUT2D eigenvalue weighted by Crippen LogP contribution is 2.47. The third-order valence-corrected chi connectivity index (χ3v) is 15.1. The lowest BCUT2D eigenvalue weighted by Crippen LogP contribution is -2.32. The standard InChI is InChI=1S/C66H62N4O6/c1-35-31-63(5,6)67-51-27-55-47(23-43(35)51)59(48-24-44-36(2)32-64(7,8)68-52(44)28-56(48)75-55)39-17-13-15-19-41(39)61(71)73-21-22-74-62(72)42-20-16-14-18-40(42)60-49-25-45-37(3)33-65(9,10)69-53(45)29-57(49)76-58-30-54-46(26-50(58)60)38(4)34-66(11,12)70-54/h13-20,23-34,67,69H,21-22H2,1-12H3. The predicted molar refractivity (Wildman–Crippen MR) is 302 cm³/mol. The van der Waals surface area contributed by atoms with Gasteiger partial charge in [-0.3, -0.25) is 9.98 Å². The van der Waals surface area contributed by atoms with E-state index in [0.29, 0.717) is 45.3 Å². The van der Waals surface area contributed by atoms with Gasteiger partial charge in [-0.15, -0.1) is 0 Å². The smallest absolute Gasteiger partial charge is 0.338 e. The fourth-order valence-electron chi connectivity index (χ4n) is 12.3. The monoisotopic (exact) mass is 1010 g/mol. The maximum atomic E-state index is 14.5. The highest BCUT2D eigenvalue weighted by molar-refractivity contribution is 6.02. The van der Waals surface area contributed by atoms with Crippen LogP contribution < -0.4 is 41.3 Å². The molecule has 2 N–H and O–H groups in total. The van der Waals surface area contributed by atoms with Crippen molar-refractivity contribution in [1.82, 2.24) is 0 Å². The van der Waals surface area contributed by atoms with Crippen molar-refractivity contribution in [1.29, 1.82) is 0 Å². The van der Waals surface area contributed by atoms with Crippen molar-refractivity contribution in [3.63, 3.8) is 0 Å². The first-order valence-corrected chi connectivity index (χ1v) is 26.2. The number of hydrogen-bond donors (Lipinski definition) is 2. The minimum absolute atomic E-state index is 0.171. The van der Waals surface area contributed by atoms with Gasteiger partial charge in [-0.2, -0.15) is 0 Å². The maximum absolute atomic E-state index is 14.5. The number of anilines is 2. The van der Waals surface area contributed by atoms with Crippen molar-refractivity contribution >= 4 is 56.8 Å². The zero-order valence-corrected chi connectivity index (χ0v) is 45.3. The van der Waals surface area contributed by atoms with E-state index in [-0.39, 0.29) is 35.4 Å². The van der Waals surface area contributed by atoms with Crippen molar-refractivity contribution in [2.75, 3.05) is 23.8 Å². The van der Waals surface area contributed by atoms with Crippen molar-refractivity contribution in [3.8, 4) is 23.0 Å². The average Bonchev–Trinajstić information content (AvgIpc) is 3.41. The van der Waals surface area contributed by atoms with E-state index < -0.39 is 11.9 Å². The molecule has 10 nitrogen and oxygen atoms in total. The van der Waals surface area contributed by atoms with Crippen molar-refractivity contribution in [2.24, 2.45) is 9.98 Å². The van der Waals surface area contributed by atoms with Crippen LogP contribution in [0.5, 0.6) is 23.0 Å². The number of fused-ring (bicyclic) bond motifs is 8. The maximum Gasteiger partial charge on any atom is 0.338 e. The van der Waals surface area contributed by atoms with E-state index in [4.69, 9.17) is 28.9 Å². The van der Waals surface area contributed by atoms with E-state index >= 15 is 0 Å². The van der Waals surface area contributed by atoms with Gasteiger partial charge in [-0.1, -0.05) is 60.7 Å². The molecule has 0 radical (unpaired) electrons. The summed E-state index contributed by atoms with van der Waals surface area (Å²) in [5, 5.41) is 10.8. The van der Waals surface area contributed by atoms with Gasteiger partial charge < -0.3 is 29.6 Å². The molecule has 0 fully saturated rings. The molecule has 0 amide bonds. The van der Waals surface area contributed by atoms with Crippen LogP contribution in [0.2, 0.25) is 0 Å². The molecule has 6 aromatic rings. The van der Waals surface area contributed by atoms with Gasteiger partial charge in [0.2, 0.25) is 0 Å². The number of rotatable bonds is 7. The Morgan fingerprint density at radius 2 is 0.829 bits per heavy atom. The van der Waals surface area contributed by atoms with Crippen LogP contribution in [0.3, 0.4) is 0 Å². The predicted octanol–water partition coefficient (Wildman–Crippen LogP) is 12.3. The molecule has 0 aliphatic carbocycles. The van der Waals surface area contributed by atoms with Gasteiger partial charge in [0, 0.05) is 90.6 Å². The topological polar surface area (TPSA) is 120 Å². The van der Waals surface area contributed by atoms with Gasteiger partial charge in [0.25, 0.3) is 0 Å². The van der Waals surface area contributed by atoms with Crippen molar-refractivity contribution < 1.29 is 28.5 Å². The van der Waals surface area contributed by atoms with Crippen LogP contribution >= 0.6 is 0 Å². The Kier molecular flexibility index (Phi) is 11.0. The van der Waals surface area contributed by atoms with Gasteiger partial charge in [-0.25, -0.2) is 9.59 Å². The van der Waals surface area contributed by atoms with Gasteiger partial charge in [0.15, 0.2) is 0 Å². The molecular weight excluding hydrogens is 945 g/mol. The Hall–Kier alpha value is -8.24. The first kappa shape index (κ1) is 48.7. The summed E-state index contributed by atoms with van der Waals surface area (Å²) in [4.78, 5) is 39.2. The zero-order chi connectivity index (χ0) is 53.4. The summed E-state index contributed by atoms with van der Waals surface area (Å²) in [7, 11) is 0. The van der Waals surface area contributed by atoms with Gasteiger partial charge in [0.05, 0.1) is 44.0 Å². The van der Waals surface area contributed by atoms with Gasteiger partial charge in [0.1, 0.15) is 36.2 Å². The Balaban J connectivity index is 0.880. The third-order valence-electron chi connectivity index (χ3n) is 15.1. The van der Waals surface area contributed by atoms with E-state index in [1.807, 2.05) is 48.5 Å². The first-order valence-electron chi connectivity index (χ1n) is 26.2. The summed E-state index contributed by atoms with van der Waals surface area (Å²) in [6.07, 6.45) is 8.83. The summed E-state index contributed by atoms with van der Waals surface area (Å²) in [5.74, 6) is 1.55. The summed E-state index contributed by atoms with van der Waals surface area (Å²) < 4.78 is 25.7. The first-order chi connectivity index (χ1) is 36.0. The molecule has 0 spiro atoms. The van der Waals surface area contributed by atoms with Crippen LogP contribution in [0, 0.1) is 0 Å². The Morgan fingerprint density at radius 3 is 1.24 bits per heavy atom. The van der Waals surface area contributed by atoms with Crippen LogP contribution in [-0.2, 0) is 9.47 Å². The summed E-state index contributed by atoms with van der Waals surface area (Å²) >= 11 is 0. The van der Waals surface area contributed by atoms with Crippen LogP contribution in [-0.4, -0.2) is 47.3 Å². The molecule has 76 heavy (non-hydrogen) atoms. The second-order valence-corrected chi connectivity index (χ2v) is 23.4. The Morgan fingerprint density at radius 1 is 0.447 bits per heavy atom. The number of nitrogens with zero attached hydrogens (tertiary/aromatic N) is 2. The van der Waals surface area contributed by atoms with E-state index in [9.17, 15) is 9.59 Å². The molecule has 382 valence electrons. The summed E-state index contributed by atoms with van der Waals surface area (Å²) in [6.45, 7) is 25.1. The van der Waals surface area contributed by atoms with Gasteiger partial charge in [-0.05, 0) is 153 Å². The van der Waals surface area contributed by atoms with Crippen molar-refractivity contribution in [3.05, 3.63) is 198 Å². The molecule has 0 saturated heterocycles. The van der Waals surface area contributed by atoms with Crippen LogP contribution in [0.15, 0.2) is 131 Å². The van der Waals surface area contributed by atoms with Crippen LogP contribution in [0.25, 0.3) is 33.4 Å².